The van der Waals surface area contributed by atoms with Crippen molar-refractivity contribution < 1.29 is 9.53 Å². The highest BCUT2D eigenvalue weighted by Gasteiger charge is 2.32. The zero-order chi connectivity index (χ0) is 16.6. The summed E-state index contributed by atoms with van der Waals surface area (Å²) in [6, 6.07) is 8.83. The number of carbonyl (C=O) groups is 1. The number of amides is 1. The van der Waals surface area contributed by atoms with Crippen molar-refractivity contribution in [3.8, 4) is 0 Å². The Labute approximate surface area is 138 Å². The van der Waals surface area contributed by atoms with Gasteiger partial charge in [0.2, 0.25) is 0 Å². The van der Waals surface area contributed by atoms with Crippen LogP contribution in [-0.4, -0.2) is 34.8 Å². The van der Waals surface area contributed by atoms with E-state index in [1.165, 1.54) is 6.07 Å². The second-order valence-corrected chi connectivity index (χ2v) is 6.14. The van der Waals surface area contributed by atoms with Gasteiger partial charge < -0.3 is 14.6 Å². The van der Waals surface area contributed by atoms with Crippen LogP contribution in [0.5, 0.6) is 0 Å². The topological polar surface area (TPSA) is 63.6 Å². The van der Waals surface area contributed by atoms with E-state index in [1.54, 1.807) is 29.5 Å². The van der Waals surface area contributed by atoms with Crippen LogP contribution in [0.1, 0.15) is 6.92 Å². The van der Waals surface area contributed by atoms with Gasteiger partial charge in [-0.3, -0.25) is 9.69 Å². The Bertz CT molecular complexity index is 846. The maximum Gasteiger partial charge on any atom is 0.414 e. The number of anilines is 1. The maximum absolute atomic E-state index is 12.1. The lowest BCUT2D eigenvalue weighted by molar-refractivity contribution is 0.143. The number of aromatic nitrogens is 1. The maximum atomic E-state index is 12.1. The predicted molar refractivity (Wildman–Crippen MR) is 93.1 cm³/mol. The van der Waals surface area contributed by atoms with E-state index in [9.17, 15) is 9.59 Å². The Morgan fingerprint density at radius 1 is 1.35 bits per heavy atom. The summed E-state index contributed by atoms with van der Waals surface area (Å²) < 4.78 is 6.92. The molecule has 1 N–H and O–H groups in total. The number of nitrogens with one attached hydrogen (secondary N) is 1. The van der Waals surface area contributed by atoms with E-state index in [2.05, 4.69) is 5.32 Å². The number of rotatable bonds is 3. The minimum absolute atomic E-state index is 0.0625. The van der Waals surface area contributed by atoms with Gasteiger partial charge in [-0.15, -0.1) is 0 Å². The van der Waals surface area contributed by atoms with Crippen LogP contribution in [0, 0.1) is 0 Å². The molecule has 1 aromatic carbocycles. The summed E-state index contributed by atoms with van der Waals surface area (Å²) in [6.45, 7) is 2.75. The van der Waals surface area contributed by atoms with Gasteiger partial charge >= 0.3 is 6.09 Å². The molecule has 2 aromatic rings. The molecule has 0 spiro atoms. The third-order valence-electron chi connectivity index (χ3n) is 3.87. The summed E-state index contributed by atoms with van der Waals surface area (Å²) in [4.78, 5) is 26.0. The lowest BCUT2D eigenvalue weighted by atomic mass is 10.2. The second kappa shape index (κ2) is 6.00. The Morgan fingerprint density at radius 3 is 2.87 bits per heavy atom. The average Bonchev–Trinajstić information content (AvgIpc) is 2.90. The molecule has 120 valence electrons. The molecule has 2 heterocycles. The minimum atomic E-state index is -0.372. The van der Waals surface area contributed by atoms with Gasteiger partial charge in [-0.05, 0) is 31.2 Å². The Hall–Kier alpha value is -2.41. The first-order valence-corrected chi connectivity index (χ1v) is 7.69. The van der Waals surface area contributed by atoms with Crippen LogP contribution in [0.25, 0.3) is 10.9 Å². The summed E-state index contributed by atoms with van der Waals surface area (Å²) in [7, 11) is 1.73. The van der Waals surface area contributed by atoms with Gasteiger partial charge in [-0.1, -0.05) is 12.2 Å². The van der Waals surface area contributed by atoms with Gasteiger partial charge in [0.05, 0.1) is 23.6 Å². The molecule has 1 aliphatic rings. The van der Waals surface area contributed by atoms with Gasteiger partial charge in [-0.25, -0.2) is 4.79 Å². The number of benzene rings is 1. The Balaban J connectivity index is 1.86. The van der Waals surface area contributed by atoms with Crippen molar-refractivity contribution in [3.05, 3.63) is 40.7 Å². The van der Waals surface area contributed by atoms with Crippen LogP contribution in [0.3, 0.4) is 0 Å². The molecule has 6 nitrogen and oxygen atoms in total. The molecule has 0 bridgehead atoms. The largest absolute Gasteiger partial charge is 0.442 e. The molecule has 1 aliphatic heterocycles. The van der Waals surface area contributed by atoms with Crippen molar-refractivity contribution in [1.82, 2.24) is 9.88 Å². The van der Waals surface area contributed by atoms with Gasteiger partial charge in [0.1, 0.15) is 6.10 Å². The number of cyclic esters (lactones) is 1. The van der Waals surface area contributed by atoms with Crippen LogP contribution in [0.2, 0.25) is 0 Å². The van der Waals surface area contributed by atoms with E-state index in [1.807, 2.05) is 18.2 Å². The number of aryl methyl sites for hydroxylation is 1. The summed E-state index contributed by atoms with van der Waals surface area (Å²) in [5.41, 5.74) is 1.51. The van der Waals surface area contributed by atoms with E-state index in [0.29, 0.717) is 18.1 Å². The molecule has 0 radical (unpaired) electrons. The quantitative estimate of drug-likeness (QED) is 0.869. The Morgan fingerprint density at radius 2 is 2.13 bits per heavy atom. The summed E-state index contributed by atoms with van der Waals surface area (Å²) in [6.07, 6.45) is -0.612. The molecule has 23 heavy (non-hydrogen) atoms. The SMILES string of the molecule is CC(=S)NC[C@H]1CN(c2ccc3c(ccc(=O)n3C)c2)C(=O)O1. The summed E-state index contributed by atoms with van der Waals surface area (Å²) >= 11 is 4.97. The number of pyridine rings is 1. The molecule has 1 amide bonds. The monoisotopic (exact) mass is 331 g/mol. The highest BCUT2D eigenvalue weighted by Crippen LogP contribution is 2.25. The molecule has 7 heteroatoms. The van der Waals surface area contributed by atoms with Crippen molar-refractivity contribution >= 4 is 39.9 Å². The first kappa shape index (κ1) is 15.5. The second-order valence-electron chi connectivity index (χ2n) is 5.53. The van der Waals surface area contributed by atoms with Gasteiger partial charge in [0, 0.05) is 24.2 Å². The first-order chi connectivity index (χ1) is 11.0. The van der Waals surface area contributed by atoms with Gasteiger partial charge in [-0.2, -0.15) is 0 Å². The molecule has 0 unspecified atom stereocenters. The fourth-order valence-corrected chi connectivity index (χ4v) is 2.72. The van der Waals surface area contributed by atoms with Crippen LogP contribution >= 0.6 is 12.2 Å². The van der Waals surface area contributed by atoms with E-state index in [4.69, 9.17) is 17.0 Å². The number of thiocarbonyl (C=S) groups is 1. The van der Waals surface area contributed by atoms with E-state index in [0.717, 1.165) is 16.6 Å². The van der Waals surface area contributed by atoms with Crippen LogP contribution in [0.4, 0.5) is 10.5 Å². The number of carbonyl (C=O) groups excluding carboxylic acids is 1. The third-order valence-corrected chi connectivity index (χ3v) is 4.02. The number of fused-ring (bicyclic) bond motifs is 1. The predicted octanol–water partition coefficient (Wildman–Crippen LogP) is 1.80. The minimum Gasteiger partial charge on any atom is -0.442 e. The standard InChI is InChI=1S/C16H17N3O3S/c1-10(23)17-8-13-9-19(16(21)22-13)12-4-5-14-11(7-12)3-6-15(20)18(14)2/h3-7,13H,8-9H2,1-2H3,(H,17,23)/t13-/m0/s1. The number of nitrogens with zero attached hydrogens (tertiary/aromatic N) is 2. The molecule has 1 fully saturated rings. The lowest BCUT2D eigenvalue weighted by Crippen LogP contribution is -2.32. The van der Waals surface area contributed by atoms with Crippen molar-refractivity contribution in [2.45, 2.75) is 13.0 Å². The van der Waals surface area contributed by atoms with Gasteiger partial charge in [0.15, 0.2) is 0 Å². The number of hydrogen-bond acceptors (Lipinski definition) is 4. The summed E-state index contributed by atoms with van der Waals surface area (Å²) in [5, 5.41) is 3.91. The zero-order valence-electron chi connectivity index (χ0n) is 12.9. The van der Waals surface area contributed by atoms with E-state index >= 15 is 0 Å². The molecular formula is C16H17N3O3S. The van der Waals surface area contributed by atoms with Crippen molar-refractivity contribution in [1.29, 1.82) is 0 Å². The molecule has 0 aliphatic carbocycles. The lowest BCUT2D eigenvalue weighted by Gasteiger charge is -2.14. The van der Waals surface area contributed by atoms with Crippen LogP contribution < -0.4 is 15.8 Å². The van der Waals surface area contributed by atoms with E-state index in [-0.39, 0.29) is 17.8 Å². The molecule has 1 atom stereocenters. The number of ether oxygens (including phenoxy) is 1. The van der Waals surface area contributed by atoms with Crippen LogP contribution in [0.15, 0.2) is 35.1 Å². The van der Waals surface area contributed by atoms with Gasteiger partial charge in [0.25, 0.3) is 5.56 Å². The van der Waals surface area contributed by atoms with E-state index < -0.39 is 0 Å². The highest BCUT2D eigenvalue weighted by molar-refractivity contribution is 7.80. The third kappa shape index (κ3) is 3.05. The van der Waals surface area contributed by atoms with Crippen molar-refractivity contribution in [3.63, 3.8) is 0 Å². The first-order valence-electron chi connectivity index (χ1n) is 7.28. The molecule has 0 saturated carbocycles. The zero-order valence-corrected chi connectivity index (χ0v) is 13.7. The smallest absolute Gasteiger partial charge is 0.414 e. The van der Waals surface area contributed by atoms with Crippen molar-refractivity contribution in [2.75, 3.05) is 18.0 Å². The van der Waals surface area contributed by atoms with Crippen LogP contribution in [-0.2, 0) is 11.8 Å². The Kier molecular flexibility index (Phi) is 4.04. The molecular weight excluding hydrogens is 314 g/mol. The highest BCUT2D eigenvalue weighted by atomic mass is 32.1. The fraction of sp³-hybridized carbons (Fsp3) is 0.312. The van der Waals surface area contributed by atoms with Crippen molar-refractivity contribution in [2.24, 2.45) is 7.05 Å². The normalized spacial score (nSPS) is 17.4. The number of hydrogen-bond donors (Lipinski definition) is 1. The molecule has 3 rings (SSSR count). The fourth-order valence-electron chi connectivity index (χ4n) is 2.64. The molecule has 1 saturated heterocycles. The molecule has 1 aromatic heterocycles. The summed E-state index contributed by atoms with van der Waals surface area (Å²) in [5.74, 6) is 0. The average molecular weight is 331 g/mol.